The van der Waals surface area contributed by atoms with Crippen molar-refractivity contribution in [2.45, 2.75) is 52.6 Å². The average molecular weight is 340 g/mol. The lowest BCUT2D eigenvalue weighted by atomic mass is 10.0. The summed E-state index contributed by atoms with van der Waals surface area (Å²) in [7, 11) is 1.81. The van der Waals surface area contributed by atoms with E-state index in [1.807, 2.05) is 40.0 Å². The van der Waals surface area contributed by atoms with E-state index in [-0.39, 0.29) is 11.4 Å². The van der Waals surface area contributed by atoms with Crippen LogP contribution in [0, 0.1) is 0 Å². The number of amides is 1. The third kappa shape index (κ3) is 4.78. The minimum absolute atomic E-state index is 0.0229. The first-order valence-electron chi connectivity index (χ1n) is 8.55. The Morgan fingerprint density at radius 3 is 2.56 bits per heavy atom. The summed E-state index contributed by atoms with van der Waals surface area (Å²) >= 11 is 0. The number of nitrogens with one attached hydrogen (secondary N) is 1. The molecule has 0 aliphatic heterocycles. The van der Waals surface area contributed by atoms with Crippen LogP contribution in [-0.2, 0) is 11.3 Å². The van der Waals surface area contributed by atoms with Crippen molar-refractivity contribution in [1.29, 1.82) is 0 Å². The van der Waals surface area contributed by atoms with E-state index in [2.05, 4.69) is 28.9 Å². The first kappa shape index (κ1) is 18.9. The van der Waals surface area contributed by atoms with Gasteiger partial charge in [0.2, 0.25) is 0 Å². The van der Waals surface area contributed by atoms with Crippen LogP contribution in [-0.4, -0.2) is 35.1 Å². The molecule has 0 spiro atoms. The zero-order chi connectivity index (χ0) is 18.6. The maximum Gasteiger partial charge on any atom is 0.254 e. The Balaban J connectivity index is 2.25. The Kier molecular flexibility index (Phi) is 5.77. The quantitative estimate of drug-likeness (QED) is 0.470. The van der Waals surface area contributed by atoms with Crippen LogP contribution >= 0.6 is 0 Å². The number of aliphatic imine (C=N–C) groups is 1. The van der Waals surface area contributed by atoms with Crippen LogP contribution in [0.4, 0.5) is 0 Å². The summed E-state index contributed by atoms with van der Waals surface area (Å²) in [4.78, 5) is 23.0. The molecule has 0 atom stereocenters. The average Bonchev–Trinajstić information content (AvgIpc) is 3.30. The van der Waals surface area contributed by atoms with Crippen molar-refractivity contribution < 1.29 is 4.79 Å². The van der Waals surface area contributed by atoms with Crippen LogP contribution in [0.15, 0.2) is 52.1 Å². The lowest BCUT2D eigenvalue weighted by molar-refractivity contribution is -0.126. The topological polar surface area (TPSA) is 57.6 Å². The molecule has 5 nitrogen and oxygen atoms in total. The molecule has 0 unspecified atom stereocenters. The largest absolute Gasteiger partial charge is 0.365 e. The highest BCUT2D eigenvalue weighted by molar-refractivity contribution is 5.98. The summed E-state index contributed by atoms with van der Waals surface area (Å²) in [6, 6.07) is 3.84. The molecule has 1 amide bonds. The highest BCUT2D eigenvalue weighted by Crippen LogP contribution is 2.36. The second kappa shape index (κ2) is 7.64. The normalized spacial score (nSPS) is 15.7. The predicted octanol–water partition coefficient (Wildman–Crippen LogP) is 3.45. The van der Waals surface area contributed by atoms with Gasteiger partial charge >= 0.3 is 0 Å². The number of rotatable bonds is 7. The van der Waals surface area contributed by atoms with Crippen LogP contribution in [0.3, 0.4) is 0 Å². The van der Waals surface area contributed by atoms with Crippen molar-refractivity contribution >= 4 is 12.6 Å². The molecule has 2 rings (SSSR count). The second-order valence-electron chi connectivity index (χ2n) is 7.21. The van der Waals surface area contributed by atoms with E-state index in [0.29, 0.717) is 17.9 Å². The molecular formula is C20H28N4O. The first-order chi connectivity index (χ1) is 11.8. The SMILES string of the molecule is C=N/C(NC1(C)CC1)=C(\C)C(C(=O)N(C)Cc1cccnc1)=C(C)C. The summed E-state index contributed by atoms with van der Waals surface area (Å²) < 4.78 is 0. The fraction of sp³-hybridized carbons (Fsp3) is 0.450. The molecule has 5 heteroatoms. The zero-order valence-electron chi connectivity index (χ0n) is 15.9. The second-order valence-corrected chi connectivity index (χ2v) is 7.21. The molecule has 0 radical (unpaired) electrons. The van der Waals surface area contributed by atoms with Gasteiger partial charge in [0.05, 0.1) is 0 Å². The van der Waals surface area contributed by atoms with Gasteiger partial charge in [-0.2, -0.15) is 0 Å². The highest BCUT2D eigenvalue weighted by atomic mass is 16.2. The molecular weight excluding hydrogens is 312 g/mol. The van der Waals surface area contributed by atoms with Crippen molar-refractivity contribution in [1.82, 2.24) is 15.2 Å². The monoisotopic (exact) mass is 340 g/mol. The smallest absolute Gasteiger partial charge is 0.254 e. The van der Waals surface area contributed by atoms with Crippen molar-refractivity contribution in [3.63, 3.8) is 0 Å². The van der Waals surface area contributed by atoms with Crippen molar-refractivity contribution in [2.24, 2.45) is 4.99 Å². The molecule has 0 aromatic carbocycles. The highest BCUT2D eigenvalue weighted by Gasteiger charge is 2.38. The summed E-state index contributed by atoms with van der Waals surface area (Å²) in [5.41, 5.74) is 3.56. The van der Waals surface area contributed by atoms with Crippen LogP contribution in [0.25, 0.3) is 0 Å². The Hall–Kier alpha value is -2.43. The molecule has 1 aromatic rings. The number of carbonyl (C=O) groups excluding carboxylic acids is 1. The summed E-state index contributed by atoms with van der Waals surface area (Å²) in [5.74, 6) is 0.671. The molecule has 134 valence electrons. The Morgan fingerprint density at radius 1 is 1.40 bits per heavy atom. The fourth-order valence-corrected chi connectivity index (χ4v) is 2.75. The minimum atomic E-state index is -0.0229. The van der Waals surface area contributed by atoms with Gasteiger partial charge in [-0.05, 0) is 58.9 Å². The van der Waals surface area contributed by atoms with E-state index in [1.54, 1.807) is 17.3 Å². The number of hydrogen-bond donors (Lipinski definition) is 1. The van der Waals surface area contributed by atoms with E-state index in [9.17, 15) is 4.79 Å². The van der Waals surface area contributed by atoms with E-state index >= 15 is 0 Å². The van der Waals surface area contributed by atoms with Crippen LogP contribution in [0.2, 0.25) is 0 Å². The molecule has 1 aromatic heterocycles. The number of likely N-dealkylation sites (N-methyl/N-ethyl adjacent to an activating group) is 1. The molecule has 1 saturated carbocycles. The number of nitrogens with zero attached hydrogens (tertiary/aromatic N) is 3. The lowest BCUT2D eigenvalue weighted by Gasteiger charge is -2.23. The number of hydrogen-bond acceptors (Lipinski definition) is 4. The van der Waals surface area contributed by atoms with Gasteiger partial charge in [-0.25, -0.2) is 4.99 Å². The molecule has 0 bridgehead atoms. The van der Waals surface area contributed by atoms with E-state index in [4.69, 9.17) is 0 Å². The van der Waals surface area contributed by atoms with Gasteiger partial charge in [-0.1, -0.05) is 11.6 Å². The van der Waals surface area contributed by atoms with Crippen molar-refractivity contribution in [2.75, 3.05) is 7.05 Å². The van der Waals surface area contributed by atoms with Gasteiger partial charge in [0, 0.05) is 42.7 Å². The van der Waals surface area contributed by atoms with Gasteiger partial charge in [-0.15, -0.1) is 0 Å². The molecule has 1 fully saturated rings. The zero-order valence-corrected chi connectivity index (χ0v) is 15.9. The standard InChI is InChI=1S/C20H28N4O/c1-14(2)17(15(3)18(21-5)23-20(4)9-10-20)19(25)24(6)13-16-8-7-11-22-12-16/h7-8,11-12,23H,5,9-10,13H2,1-4,6H3/b18-15-. The van der Waals surface area contributed by atoms with Gasteiger partial charge < -0.3 is 10.2 Å². The van der Waals surface area contributed by atoms with Crippen molar-refractivity contribution in [3.8, 4) is 0 Å². The number of allylic oxidation sites excluding steroid dienone is 1. The Bertz CT molecular complexity index is 710. The maximum absolute atomic E-state index is 13.1. The van der Waals surface area contributed by atoms with E-state index < -0.39 is 0 Å². The van der Waals surface area contributed by atoms with Gasteiger partial charge in [0.15, 0.2) is 0 Å². The number of aromatic nitrogens is 1. The minimum Gasteiger partial charge on any atom is -0.365 e. The van der Waals surface area contributed by atoms with Crippen LogP contribution in [0.1, 0.15) is 46.1 Å². The molecule has 1 aliphatic carbocycles. The summed E-state index contributed by atoms with van der Waals surface area (Å²) in [6.45, 7) is 12.2. The number of carbonyl (C=O) groups is 1. The summed E-state index contributed by atoms with van der Waals surface area (Å²) in [5, 5.41) is 3.43. The van der Waals surface area contributed by atoms with Gasteiger partial charge in [0.1, 0.15) is 5.82 Å². The van der Waals surface area contributed by atoms with E-state index in [0.717, 1.165) is 29.6 Å². The third-order valence-corrected chi connectivity index (χ3v) is 4.51. The van der Waals surface area contributed by atoms with Crippen molar-refractivity contribution in [3.05, 3.63) is 52.6 Å². The molecule has 25 heavy (non-hydrogen) atoms. The van der Waals surface area contributed by atoms with Crippen LogP contribution < -0.4 is 5.32 Å². The lowest BCUT2D eigenvalue weighted by Crippen LogP contribution is -2.31. The Labute approximate surface area is 150 Å². The van der Waals surface area contributed by atoms with Crippen LogP contribution in [0.5, 0.6) is 0 Å². The molecule has 1 N–H and O–H groups in total. The predicted molar refractivity (Wildman–Crippen MR) is 102 cm³/mol. The van der Waals surface area contributed by atoms with E-state index in [1.165, 1.54) is 0 Å². The molecule has 1 heterocycles. The molecule has 0 saturated heterocycles. The first-order valence-corrected chi connectivity index (χ1v) is 8.55. The third-order valence-electron chi connectivity index (χ3n) is 4.51. The van der Waals surface area contributed by atoms with Gasteiger partial charge in [0.25, 0.3) is 5.91 Å². The maximum atomic E-state index is 13.1. The summed E-state index contributed by atoms with van der Waals surface area (Å²) in [6.07, 6.45) is 5.73. The fourth-order valence-electron chi connectivity index (χ4n) is 2.75. The molecule has 1 aliphatic rings. The Morgan fingerprint density at radius 2 is 2.08 bits per heavy atom. The van der Waals surface area contributed by atoms with Gasteiger partial charge in [-0.3, -0.25) is 9.78 Å². The number of pyridine rings is 1.